The second kappa shape index (κ2) is 9.76. The molecule has 0 unspecified atom stereocenters. The summed E-state index contributed by atoms with van der Waals surface area (Å²) < 4.78 is 34.7. The zero-order valence-corrected chi connectivity index (χ0v) is 19.7. The quantitative estimate of drug-likeness (QED) is 0.555. The highest BCUT2D eigenvalue weighted by Gasteiger charge is 2.30. The van der Waals surface area contributed by atoms with E-state index in [-0.39, 0.29) is 24.1 Å². The van der Waals surface area contributed by atoms with Gasteiger partial charge >= 0.3 is 0 Å². The summed E-state index contributed by atoms with van der Waals surface area (Å²) >= 11 is 0. The van der Waals surface area contributed by atoms with Crippen LogP contribution in [0.3, 0.4) is 0 Å². The number of carbonyl (C=O) groups excluding carboxylic acids is 1. The van der Waals surface area contributed by atoms with Crippen molar-refractivity contribution in [2.24, 2.45) is 7.05 Å². The molecule has 3 aromatic rings. The lowest BCUT2D eigenvalue weighted by atomic mass is 10.1. The first-order chi connectivity index (χ1) is 15.8. The van der Waals surface area contributed by atoms with E-state index in [1.807, 2.05) is 54.6 Å². The summed E-state index contributed by atoms with van der Waals surface area (Å²) in [6, 6.07) is 17.7. The molecule has 8 nitrogen and oxygen atoms in total. The Kier molecular flexibility index (Phi) is 6.80. The Balaban J connectivity index is 1.32. The molecule has 1 aromatic heterocycles. The summed E-state index contributed by atoms with van der Waals surface area (Å²) in [6.45, 7) is 3.07. The number of amides is 1. The number of imidazole rings is 1. The van der Waals surface area contributed by atoms with Gasteiger partial charge in [-0.2, -0.15) is 4.31 Å². The number of aryl methyl sites for hydroxylation is 2. The van der Waals surface area contributed by atoms with Gasteiger partial charge in [0, 0.05) is 39.4 Å². The van der Waals surface area contributed by atoms with Gasteiger partial charge in [-0.15, -0.1) is 0 Å². The van der Waals surface area contributed by atoms with E-state index in [1.165, 1.54) is 10.5 Å². The highest BCUT2D eigenvalue weighted by atomic mass is 32.2. The fourth-order valence-corrected chi connectivity index (χ4v) is 5.27. The predicted octanol–water partition coefficient (Wildman–Crippen LogP) is 2.70. The van der Waals surface area contributed by atoms with Crippen LogP contribution in [0.1, 0.15) is 12.2 Å². The van der Waals surface area contributed by atoms with Gasteiger partial charge in [0.2, 0.25) is 0 Å². The van der Waals surface area contributed by atoms with Gasteiger partial charge in [-0.1, -0.05) is 42.5 Å². The lowest BCUT2D eigenvalue weighted by molar-refractivity contribution is -0.133. The van der Waals surface area contributed by atoms with E-state index >= 15 is 0 Å². The average molecular weight is 469 g/mol. The number of benzene rings is 2. The normalized spacial score (nSPS) is 15.3. The molecule has 0 bridgehead atoms. The Morgan fingerprint density at radius 3 is 2.33 bits per heavy atom. The average Bonchev–Trinajstić information content (AvgIpc) is 3.02. The zero-order valence-electron chi connectivity index (χ0n) is 18.8. The minimum Gasteiger partial charge on any atom is -0.484 e. The Morgan fingerprint density at radius 2 is 1.67 bits per heavy atom. The summed E-state index contributed by atoms with van der Waals surface area (Å²) in [4.78, 5) is 18.5. The molecular formula is C24H28N4O4S. The van der Waals surface area contributed by atoms with Crippen molar-refractivity contribution >= 4 is 15.9 Å². The Hall–Kier alpha value is -3.17. The predicted molar refractivity (Wildman–Crippen MR) is 125 cm³/mol. The van der Waals surface area contributed by atoms with Crippen LogP contribution < -0.4 is 4.74 Å². The van der Waals surface area contributed by atoms with Gasteiger partial charge in [-0.05, 0) is 36.6 Å². The third-order valence-electron chi connectivity index (χ3n) is 5.82. The first-order valence-corrected chi connectivity index (χ1v) is 12.3. The number of sulfonamides is 1. The minimum atomic E-state index is -3.69. The Bertz CT molecular complexity index is 1190. The third-order valence-corrected chi connectivity index (χ3v) is 7.59. The van der Waals surface area contributed by atoms with Crippen molar-refractivity contribution in [1.29, 1.82) is 0 Å². The van der Waals surface area contributed by atoms with Crippen molar-refractivity contribution in [3.63, 3.8) is 0 Å². The number of aromatic nitrogens is 2. The minimum absolute atomic E-state index is 0.0459. The van der Waals surface area contributed by atoms with Crippen LogP contribution in [0.4, 0.5) is 0 Å². The molecule has 1 amide bonds. The molecule has 1 fully saturated rings. The summed E-state index contributed by atoms with van der Waals surface area (Å²) in [5, 5.41) is 0.0459. The van der Waals surface area contributed by atoms with Crippen molar-refractivity contribution in [2.45, 2.75) is 18.4 Å². The maximum atomic E-state index is 12.9. The summed E-state index contributed by atoms with van der Waals surface area (Å²) in [5.74, 6) is 1.09. The van der Waals surface area contributed by atoms with Gasteiger partial charge in [0.15, 0.2) is 11.6 Å². The summed E-state index contributed by atoms with van der Waals surface area (Å²) in [5.41, 5.74) is 2.19. The number of ether oxygens (including phenoxy) is 1. The fourth-order valence-electron chi connectivity index (χ4n) is 3.78. The second-order valence-electron chi connectivity index (χ2n) is 8.05. The van der Waals surface area contributed by atoms with Crippen LogP contribution in [0.5, 0.6) is 5.75 Å². The fraction of sp³-hybridized carbons (Fsp3) is 0.333. The van der Waals surface area contributed by atoms with Crippen LogP contribution in [0.25, 0.3) is 11.1 Å². The first-order valence-electron chi connectivity index (χ1n) is 10.9. The molecule has 4 rings (SSSR count). The Morgan fingerprint density at radius 1 is 0.970 bits per heavy atom. The lowest BCUT2D eigenvalue weighted by Crippen LogP contribution is -2.39. The largest absolute Gasteiger partial charge is 0.484 e. The molecule has 0 radical (unpaired) electrons. The number of hydrogen-bond acceptors (Lipinski definition) is 5. The van der Waals surface area contributed by atoms with Gasteiger partial charge < -0.3 is 14.2 Å². The first kappa shape index (κ1) is 23.0. The van der Waals surface area contributed by atoms with E-state index in [0.29, 0.717) is 37.6 Å². The molecular weight excluding hydrogens is 440 g/mol. The molecule has 2 aromatic carbocycles. The Labute approximate surface area is 194 Å². The monoisotopic (exact) mass is 468 g/mol. The van der Waals surface area contributed by atoms with Crippen LogP contribution in [-0.4, -0.2) is 65.9 Å². The van der Waals surface area contributed by atoms with Crippen LogP contribution in [0.15, 0.2) is 65.8 Å². The lowest BCUT2D eigenvalue weighted by Gasteiger charge is -2.21. The molecule has 0 aliphatic carbocycles. The number of hydrogen-bond donors (Lipinski definition) is 0. The SMILES string of the molecule is Cc1nc(S(=O)(=O)N2CCCN(C(=O)COc3ccc(-c4ccccc4)cc3)CC2)cn1C. The standard InChI is InChI=1S/C24H28N4O4S/c1-19-25-23(17-26(19)2)33(30,31)28-14-6-13-27(15-16-28)24(29)18-32-22-11-9-21(10-12-22)20-7-4-3-5-8-20/h3-5,7-12,17H,6,13-16,18H2,1-2H3. The summed E-state index contributed by atoms with van der Waals surface area (Å²) in [7, 11) is -1.92. The third kappa shape index (κ3) is 5.26. The molecule has 33 heavy (non-hydrogen) atoms. The molecule has 0 N–H and O–H groups in total. The van der Waals surface area contributed by atoms with Gasteiger partial charge in [0.05, 0.1) is 0 Å². The van der Waals surface area contributed by atoms with Crippen LogP contribution in [0.2, 0.25) is 0 Å². The highest BCUT2D eigenvalue weighted by molar-refractivity contribution is 7.89. The van der Waals surface area contributed by atoms with Crippen molar-refractivity contribution in [2.75, 3.05) is 32.8 Å². The van der Waals surface area contributed by atoms with Crippen molar-refractivity contribution in [1.82, 2.24) is 18.8 Å². The summed E-state index contributed by atoms with van der Waals surface area (Å²) in [6.07, 6.45) is 2.08. The van der Waals surface area contributed by atoms with E-state index < -0.39 is 10.0 Å². The van der Waals surface area contributed by atoms with Gasteiger partial charge in [0.25, 0.3) is 15.9 Å². The van der Waals surface area contributed by atoms with Crippen LogP contribution in [-0.2, 0) is 21.9 Å². The second-order valence-corrected chi connectivity index (χ2v) is 9.94. The molecule has 1 aliphatic rings. The highest BCUT2D eigenvalue weighted by Crippen LogP contribution is 2.22. The molecule has 9 heteroatoms. The molecule has 174 valence electrons. The van der Waals surface area contributed by atoms with Gasteiger partial charge in [-0.3, -0.25) is 4.79 Å². The molecule has 0 atom stereocenters. The van der Waals surface area contributed by atoms with E-state index in [4.69, 9.17) is 4.74 Å². The topological polar surface area (TPSA) is 84.7 Å². The van der Waals surface area contributed by atoms with Crippen molar-refractivity contribution in [3.8, 4) is 16.9 Å². The molecule has 0 saturated carbocycles. The molecule has 1 aliphatic heterocycles. The van der Waals surface area contributed by atoms with Crippen molar-refractivity contribution < 1.29 is 17.9 Å². The smallest absolute Gasteiger partial charge is 0.262 e. The van der Waals surface area contributed by atoms with Gasteiger partial charge in [-0.25, -0.2) is 13.4 Å². The zero-order chi connectivity index (χ0) is 23.4. The van der Waals surface area contributed by atoms with Crippen molar-refractivity contribution in [3.05, 3.63) is 66.6 Å². The number of rotatable bonds is 6. The van der Waals surface area contributed by atoms with E-state index in [9.17, 15) is 13.2 Å². The molecule has 0 spiro atoms. The van der Waals surface area contributed by atoms with E-state index in [1.54, 1.807) is 23.4 Å². The maximum Gasteiger partial charge on any atom is 0.262 e. The maximum absolute atomic E-state index is 12.9. The number of carbonyl (C=O) groups is 1. The molecule has 1 saturated heterocycles. The van der Waals surface area contributed by atoms with Crippen LogP contribution in [0, 0.1) is 6.92 Å². The van der Waals surface area contributed by atoms with E-state index in [2.05, 4.69) is 4.98 Å². The van der Waals surface area contributed by atoms with Gasteiger partial charge in [0.1, 0.15) is 11.6 Å². The van der Waals surface area contributed by atoms with E-state index in [0.717, 1.165) is 11.1 Å². The number of nitrogens with zero attached hydrogens (tertiary/aromatic N) is 4. The molecule has 2 heterocycles. The van der Waals surface area contributed by atoms with Crippen LogP contribution >= 0.6 is 0 Å².